The number of aromatic nitrogens is 1. The number of nitrogens with zero attached hydrogens (tertiary/aromatic N) is 1. The molecular weight excluding hydrogens is 364 g/mol. The van der Waals surface area contributed by atoms with Gasteiger partial charge in [-0.15, -0.1) is 0 Å². The molecule has 0 radical (unpaired) electrons. The molecule has 0 aliphatic carbocycles. The molecule has 0 amide bonds. The summed E-state index contributed by atoms with van der Waals surface area (Å²) in [5.41, 5.74) is 4.04. The molecular formula is C24H18N2O3. The molecule has 0 spiro atoms. The smallest absolute Gasteiger partial charge is 0.347 e. The number of para-hydroxylation sites is 2. The summed E-state index contributed by atoms with van der Waals surface area (Å²) >= 11 is 0. The minimum atomic E-state index is -0.406. The Bertz CT molecular complexity index is 1440. The second-order valence-electron chi connectivity index (χ2n) is 6.92. The largest absolute Gasteiger partial charge is 0.497 e. The van der Waals surface area contributed by atoms with Crippen molar-refractivity contribution in [3.05, 3.63) is 82.7 Å². The Labute approximate surface area is 166 Å². The molecule has 2 aromatic heterocycles. The van der Waals surface area contributed by atoms with Gasteiger partial charge >= 0.3 is 5.63 Å². The van der Waals surface area contributed by atoms with E-state index in [1.165, 1.54) is 0 Å². The molecule has 0 saturated carbocycles. The number of hydrogen-bond donors (Lipinski definition) is 1. The molecule has 29 heavy (non-hydrogen) atoms. The predicted octanol–water partition coefficient (Wildman–Crippen LogP) is 5.56. The van der Waals surface area contributed by atoms with Crippen LogP contribution in [0.2, 0.25) is 0 Å². The fourth-order valence-corrected chi connectivity index (χ4v) is 3.67. The number of nitrogens with one attached hydrogen (secondary N) is 1. The fourth-order valence-electron chi connectivity index (χ4n) is 3.67. The van der Waals surface area contributed by atoms with Gasteiger partial charge in [-0.3, -0.25) is 0 Å². The molecule has 0 aliphatic rings. The summed E-state index contributed by atoms with van der Waals surface area (Å²) in [7, 11) is 1.63. The van der Waals surface area contributed by atoms with Gasteiger partial charge in [-0.05, 0) is 48.9 Å². The van der Waals surface area contributed by atoms with E-state index in [4.69, 9.17) is 14.1 Å². The van der Waals surface area contributed by atoms with Gasteiger partial charge in [0.25, 0.3) is 0 Å². The first-order chi connectivity index (χ1) is 14.2. The number of methoxy groups -OCH3 is 1. The Balaban J connectivity index is 1.87. The third-order valence-electron chi connectivity index (χ3n) is 5.12. The first-order valence-corrected chi connectivity index (χ1v) is 9.31. The highest BCUT2D eigenvalue weighted by molar-refractivity contribution is 6.15. The van der Waals surface area contributed by atoms with Crippen molar-refractivity contribution in [1.82, 2.24) is 4.98 Å². The maximum atomic E-state index is 13.0. The molecule has 2 heterocycles. The van der Waals surface area contributed by atoms with Crippen LogP contribution in [-0.4, -0.2) is 12.1 Å². The van der Waals surface area contributed by atoms with E-state index in [0.29, 0.717) is 22.2 Å². The highest BCUT2D eigenvalue weighted by atomic mass is 16.5. The van der Waals surface area contributed by atoms with E-state index >= 15 is 0 Å². The minimum Gasteiger partial charge on any atom is -0.497 e. The molecule has 0 aliphatic heterocycles. The van der Waals surface area contributed by atoms with E-state index in [1.54, 1.807) is 7.11 Å². The molecule has 0 fully saturated rings. The van der Waals surface area contributed by atoms with Crippen LogP contribution in [0, 0.1) is 6.92 Å². The highest BCUT2D eigenvalue weighted by Gasteiger charge is 2.17. The predicted molar refractivity (Wildman–Crippen MR) is 116 cm³/mol. The summed E-state index contributed by atoms with van der Waals surface area (Å²) in [4.78, 5) is 17.9. The summed E-state index contributed by atoms with van der Waals surface area (Å²) in [6, 6.07) is 21.1. The fraction of sp³-hybridized carbons (Fsp3) is 0.0833. The second-order valence-corrected chi connectivity index (χ2v) is 6.92. The normalized spacial score (nSPS) is 11.2. The van der Waals surface area contributed by atoms with Crippen LogP contribution in [0.3, 0.4) is 0 Å². The van der Waals surface area contributed by atoms with Crippen molar-refractivity contribution in [3.63, 3.8) is 0 Å². The maximum Gasteiger partial charge on any atom is 0.347 e. The lowest BCUT2D eigenvalue weighted by Gasteiger charge is -2.14. The first kappa shape index (κ1) is 17.3. The number of ether oxygens (including phenoxy) is 1. The standard InChI is InChI=1S/C24H18N2O3/c1-14-6-5-8-18-22-20(24(27)29-23(14)18)21(17-7-3-4-9-19(17)26-22)25-15-10-12-16(28-2)13-11-15/h3-13H,1-2H3,(H,25,26). The third kappa shape index (κ3) is 2.79. The summed E-state index contributed by atoms with van der Waals surface area (Å²) in [6.45, 7) is 1.93. The molecule has 0 saturated heterocycles. The number of fused-ring (bicyclic) bond motifs is 4. The lowest BCUT2D eigenvalue weighted by Crippen LogP contribution is -2.06. The van der Waals surface area contributed by atoms with Crippen LogP contribution < -0.4 is 15.7 Å². The Morgan fingerprint density at radius 1 is 0.931 bits per heavy atom. The molecule has 5 heteroatoms. The minimum absolute atomic E-state index is 0.406. The van der Waals surface area contributed by atoms with E-state index in [0.717, 1.165) is 33.3 Å². The zero-order valence-electron chi connectivity index (χ0n) is 16.0. The van der Waals surface area contributed by atoms with Crippen LogP contribution in [0.25, 0.3) is 32.8 Å². The molecule has 5 nitrogen and oxygen atoms in total. The Morgan fingerprint density at radius 3 is 2.48 bits per heavy atom. The average molecular weight is 382 g/mol. The van der Waals surface area contributed by atoms with E-state index in [2.05, 4.69) is 5.32 Å². The van der Waals surface area contributed by atoms with Gasteiger partial charge in [-0.2, -0.15) is 0 Å². The van der Waals surface area contributed by atoms with Crippen molar-refractivity contribution in [3.8, 4) is 5.75 Å². The number of rotatable bonds is 3. The zero-order valence-corrected chi connectivity index (χ0v) is 16.0. The van der Waals surface area contributed by atoms with Crippen molar-refractivity contribution >= 4 is 44.1 Å². The molecule has 5 rings (SSSR count). The Kier molecular flexibility index (Phi) is 3.95. The van der Waals surface area contributed by atoms with Gasteiger partial charge in [0.05, 0.1) is 23.8 Å². The summed E-state index contributed by atoms with van der Waals surface area (Å²) in [5.74, 6) is 0.765. The molecule has 1 N–H and O–H groups in total. The van der Waals surface area contributed by atoms with E-state index in [9.17, 15) is 4.79 Å². The zero-order chi connectivity index (χ0) is 20.0. The van der Waals surface area contributed by atoms with Gasteiger partial charge in [-0.1, -0.05) is 30.3 Å². The summed E-state index contributed by atoms with van der Waals surface area (Å²) < 4.78 is 10.9. The highest BCUT2D eigenvalue weighted by Crippen LogP contribution is 2.35. The lowest BCUT2D eigenvalue weighted by molar-refractivity contribution is 0.415. The van der Waals surface area contributed by atoms with Crippen molar-refractivity contribution in [1.29, 1.82) is 0 Å². The molecule has 142 valence electrons. The molecule has 0 bridgehead atoms. The van der Waals surface area contributed by atoms with E-state index < -0.39 is 5.63 Å². The van der Waals surface area contributed by atoms with Gasteiger partial charge in [0.15, 0.2) is 0 Å². The van der Waals surface area contributed by atoms with Crippen molar-refractivity contribution in [2.75, 3.05) is 12.4 Å². The number of hydrogen-bond acceptors (Lipinski definition) is 5. The number of pyridine rings is 1. The van der Waals surface area contributed by atoms with Crippen molar-refractivity contribution in [2.45, 2.75) is 6.92 Å². The van der Waals surface area contributed by atoms with Crippen LogP contribution in [0.4, 0.5) is 11.4 Å². The van der Waals surface area contributed by atoms with Crippen LogP contribution in [0.1, 0.15) is 5.56 Å². The van der Waals surface area contributed by atoms with E-state index in [-0.39, 0.29) is 0 Å². The molecule has 5 aromatic rings. The van der Waals surface area contributed by atoms with Crippen LogP contribution >= 0.6 is 0 Å². The number of anilines is 2. The Hall–Kier alpha value is -3.86. The van der Waals surface area contributed by atoms with Gasteiger partial charge in [0, 0.05) is 16.5 Å². The lowest BCUT2D eigenvalue weighted by atomic mass is 10.0. The van der Waals surface area contributed by atoms with Crippen molar-refractivity contribution in [2.24, 2.45) is 0 Å². The topological polar surface area (TPSA) is 64.4 Å². The van der Waals surface area contributed by atoms with Crippen LogP contribution in [0.15, 0.2) is 75.9 Å². The first-order valence-electron chi connectivity index (χ1n) is 9.31. The second kappa shape index (κ2) is 6.63. The Morgan fingerprint density at radius 2 is 1.69 bits per heavy atom. The maximum absolute atomic E-state index is 13.0. The molecule has 0 unspecified atom stereocenters. The molecule has 3 aromatic carbocycles. The number of benzene rings is 3. The van der Waals surface area contributed by atoms with Gasteiger partial charge in [0.2, 0.25) is 0 Å². The monoisotopic (exact) mass is 382 g/mol. The van der Waals surface area contributed by atoms with Crippen molar-refractivity contribution < 1.29 is 9.15 Å². The third-order valence-corrected chi connectivity index (χ3v) is 5.12. The van der Waals surface area contributed by atoms with Crippen LogP contribution in [-0.2, 0) is 0 Å². The quantitative estimate of drug-likeness (QED) is 0.252. The SMILES string of the molecule is COc1ccc(Nc2c3ccccc3nc3c2c(=O)oc2c(C)cccc23)cc1. The molecule has 0 atom stereocenters. The van der Waals surface area contributed by atoms with Gasteiger partial charge < -0.3 is 14.5 Å². The van der Waals surface area contributed by atoms with Gasteiger partial charge in [-0.25, -0.2) is 9.78 Å². The summed E-state index contributed by atoms with van der Waals surface area (Å²) in [5, 5.41) is 5.53. The van der Waals surface area contributed by atoms with Crippen LogP contribution in [0.5, 0.6) is 5.75 Å². The van der Waals surface area contributed by atoms with E-state index in [1.807, 2.05) is 73.7 Å². The average Bonchev–Trinajstić information content (AvgIpc) is 2.75. The van der Waals surface area contributed by atoms with Gasteiger partial charge in [0.1, 0.15) is 16.7 Å². The number of aryl methyl sites for hydroxylation is 1. The summed E-state index contributed by atoms with van der Waals surface area (Å²) in [6.07, 6.45) is 0.